The molecule has 264 valence electrons. The molecule has 0 radical (unpaired) electrons. The molecule has 0 aromatic heterocycles. The number of ether oxygens (including phenoxy) is 2. The van der Waals surface area contributed by atoms with E-state index in [9.17, 15) is 14.7 Å². The van der Waals surface area contributed by atoms with Crippen LogP contribution in [0.4, 0.5) is 0 Å². The van der Waals surface area contributed by atoms with Gasteiger partial charge >= 0.3 is 11.9 Å². The van der Waals surface area contributed by atoms with Gasteiger partial charge in [-0.2, -0.15) is 0 Å². The molecule has 0 bridgehead atoms. The summed E-state index contributed by atoms with van der Waals surface area (Å²) in [4.78, 5) is 24.2. The van der Waals surface area contributed by atoms with Crippen LogP contribution in [0.15, 0.2) is 60.8 Å². The molecule has 0 saturated carbocycles. The van der Waals surface area contributed by atoms with E-state index in [1.54, 1.807) is 0 Å². The number of carbonyl (C=O) groups is 2. The lowest BCUT2D eigenvalue weighted by Gasteiger charge is -2.15. The summed E-state index contributed by atoms with van der Waals surface area (Å²) in [7, 11) is 0. The molecular formula is C41H70O5. The Morgan fingerprint density at radius 2 is 0.891 bits per heavy atom. The minimum Gasteiger partial charge on any atom is -0.462 e. The molecule has 46 heavy (non-hydrogen) atoms. The van der Waals surface area contributed by atoms with Crippen LogP contribution in [0.2, 0.25) is 0 Å². The maximum absolute atomic E-state index is 12.1. The summed E-state index contributed by atoms with van der Waals surface area (Å²) in [5.41, 5.74) is 0. The molecule has 0 amide bonds. The van der Waals surface area contributed by atoms with Crippen molar-refractivity contribution < 1.29 is 24.2 Å². The molecule has 0 aromatic carbocycles. The zero-order chi connectivity index (χ0) is 33.6. The van der Waals surface area contributed by atoms with Crippen LogP contribution in [-0.4, -0.2) is 36.4 Å². The fourth-order valence-electron chi connectivity index (χ4n) is 4.89. The molecule has 0 aliphatic carbocycles. The number of hydrogen-bond acceptors (Lipinski definition) is 5. The van der Waals surface area contributed by atoms with E-state index in [4.69, 9.17) is 9.47 Å². The molecular weight excluding hydrogens is 572 g/mol. The van der Waals surface area contributed by atoms with E-state index in [-0.39, 0.29) is 25.2 Å². The normalized spacial score (nSPS) is 12.8. The van der Waals surface area contributed by atoms with Crippen molar-refractivity contribution in [3.63, 3.8) is 0 Å². The molecule has 0 heterocycles. The minimum atomic E-state index is -0.796. The second-order valence-electron chi connectivity index (χ2n) is 12.3. The number of carbonyl (C=O) groups excluding carboxylic acids is 2. The highest BCUT2D eigenvalue weighted by molar-refractivity contribution is 5.70. The second-order valence-corrected chi connectivity index (χ2v) is 12.3. The number of aliphatic hydroxyl groups is 1. The van der Waals surface area contributed by atoms with Crippen LogP contribution in [0.1, 0.15) is 168 Å². The molecule has 0 saturated heterocycles. The Morgan fingerprint density at radius 1 is 0.500 bits per heavy atom. The number of unbranched alkanes of at least 4 members (excludes halogenated alkanes) is 15. The van der Waals surface area contributed by atoms with Gasteiger partial charge in [0.1, 0.15) is 6.61 Å². The van der Waals surface area contributed by atoms with E-state index in [0.717, 1.165) is 44.9 Å². The quantitative estimate of drug-likeness (QED) is 0.0438. The smallest absolute Gasteiger partial charge is 0.306 e. The summed E-state index contributed by atoms with van der Waals surface area (Å²) >= 11 is 0. The first-order chi connectivity index (χ1) is 22.6. The first-order valence-electron chi connectivity index (χ1n) is 18.8. The molecule has 0 fully saturated rings. The molecule has 0 unspecified atom stereocenters. The third kappa shape index (κ3) is 34.5. The summed E-state index contributed by atoms with van der Waals surface area (Å²) in [6.45, 7) is 4.03. The van der Waals surface area contributed by atoms with Gasteiger partial charge in [0.2, 0.25) is 0 Å². The van der Waals surface area contributed by atoms with Crippen LogP contribution in [0.3, 0.4) is 0 Å². The van der Waals surface area contributed by atoms with Crippen molar-refractivity contribution >= 4 is 11.9 Å². The SMILES string of the molecule is CCCCC/C=C\C/C=C\C/C=C\C/C=C\CCCC(=O)OC[C@H](CO)OC(=O)CCCCCCCCC/C=C\CCCCCC. The highest BCUT2D eigenvalue weighted by Gasteiger charge is 2.16. The largest absolute Gasteiger partial charge is 0.462 e. The van der Waals surface area contributed by atoms with Crippen LogP contribution in [0, 0.1) is 0 Å². The lowest BCUT2D eigenvalue weighted by atomic mass is 10.1. The highest BCUT2D eigenvalue weighted by Crippen LogP contribution is 2.12. The van der Waals surface area contributed by atoms with Gasteiger partial charge in [0.15, 0.2) is 6.10 Å². The van der Waals surface area contributed by atoms with E-state index in [0.29, 0.717) is 19.3 Å². The first-order valence-corrected chi connectivity index (χ1v) is 18.8. The molecule has 5 heteroatoms. The van der Waals surface area contributed by atoms with Gasteiger partial charge in [-0.05, 0) is 77.0 Å². The second kappa shape index (κ2) is 37.1. The van der Waals surface area contributed by atoms with Crippen LogP contribution < -0.4 is 0 Å². The summed E-state index contributed by atoms with van der Waals surface area (Å²) in [5, 5.41) is 9.53. The van der Waals surface area contributed by atoms with Crippen molar-refractivity contribution in [2.45, 2.75) is 174 Å². The Hall–Kier alpha value is -2.40. The van der Waals surface area contributed by atoms with Gasteiger partial charge in [-0.25, -0.2) is 0 Å². The summed E-state index contributed by atoms with van der Waals surface area (Å²) < 4.78 is 10.5. The molecule has 0 rings (SSSR count). The number of aliphatic hydroxyl groups excluding tert-OH is 1. The highest BCUT2D eigenvalue weighted by atomic mass is 16.6. The number of rotatable bonds is 33. The minimum absolute atomic E-state index is 0.0978. The predicted octanol–water partition coefficient (Wildman–Crippen LogP) is 11.6. The molecule has 0 spiro atoms. The van der Waals surface area contributed by atoms with Crippen molar-refractivity contribution in [2.24, 2.45) is 0 Å². The first kappa shape index (κ1) is 43.6. The lowest BCUT2D eigenvalue weighted by Crippen LogP contribution is -2.28. The third-order valence-electron chi connectivity index (χ3n) is 7.78. The number of esters is 2. The Balaban J connectivity index is 3.69. The summed E-state index contributed by atoms with van der Waals surface area (Å²) in [5.74, 6) is -0.666. The molecule has 0 aromatic rings. The van der Waals surface area contributed by atoms with Gasteiger partial charge in [0.25, 0.3) is 0 Å². The summed E-state index contributed by atoms with van der Waals surface area (Å²) in [6, 6.07) is 0. The Labute approximate surface area is 283 Å². The zero-order valence-corrected chi connectivity index (χ0v) is 29.8. The van der Waals surface area contributed by atoms with Crippen molar-refractivity contribution in [2.75, 3.05) is 13.2 Å². The fraction of sp³-hybridized carbons (Fsp3) is 0.707. The topological polar surface area (TPSA) is 72.8 Å². The van der Waals surface area contributed by atoms with Crippen LogP contribution in [-0.2, 0) is 19.1 Å². The van der Waals surface area contributed by atoms with Crippen LogP contribution in [0.25, 0.3) is 0 Å². The van der Waals surface area contributed by atoms with Crippen LogP contribution >= 0.6 is 0 Å². The monoisotopic (exact) mass is 643 g/mol. The van der Waals surface area contributed by atoms with Crippen molar-refractivity contribution in [3.8, 4) is 0 Å². The Kier molecular flexibility index (Phi) is 35.1. The lowest BCUT2D eigenvalue weighted by molar-refractivity contribution is -0.161. The van der Waals surface area contributed by atoms with E-state index >= 15 is 0 Å². The zero-order valence-electron chi connectivity index (χ0n) is 29.8. The van der Waals surface area contributed by atoms with Crippen molar-refractivity contribution in [1.29, 1.82) is 0 Å². The fourth-order valence-corrected chi connectivity index (χ4v) is 4.89. The summed E-state index contributed by atoms with van der Waals surface area (Å²) in [6.07, 6.45) is 47.0. The van der Waals surface area contributed by atoms with Gasteiger partial charge in [-0.1, -0.05) is 139 Å². The maximum Gasteiger partial charge on any atom is 0.306 e. The van der Waals surface area contributed by atoms with Gasteiger partial charge in [0, 0.05) is 12.8 Å². The van der Waals surface area contributed by atoms with Gasteiger partial charge < -0.3 is 14.6 Å². The Bertz CT molecular complexity index is 823. The van der Waals surface area contributed by atoms with E-state index in [2.05, 4.69) is 74.6 Å². The Morgan fingerprint density at radius 3 is 1.43 bits per heavy atom. The standard InChI is InChI=1S/C41H70O5/c1-3-5-7-9-11-13-15-17-19-20-22-23-25-27-29-31-33-35-40(43)45-38-39(37-42)46-41(44)36-34-32-30-28-26-24-21-18-16-14-12-10-8-6-4-2/h11,13-14,16-17,19,22-23,27,29,39,42H,3-10,12,15,18,20-21,24-26,28,30-38H2,1-2H3/b13-11-,16-14-,19-17-,23-22-,29-27-/t39-/m0/s1. The third-order valence-corrected chi connectivity index (χ3v) is 7.78. The molecule has 5 nitrogen and oxygen atoms in total. The average molecular weight is 643 g/mol. The van der Waals surface area contributed by atoms with E-state index in [1.165, 1.54) is 89.9 Å². The predicted molar refractivity (Wildman–Crippen MR) is 196 cm³/mol. The number of hydrogen-bond donors (Lipinski definition) is 1. The van der Waals surface area contributed by atoms with E-state index < -0.39 is 6.10 Å². The van der Waals surface area contributed by atoms with Gasteiger partial charge in [-0.15, -0.1) is 0 Å². The molecule has 1 atom stereocenters. The number of allylic oxidation sites excluding steroid dienone is 10. The average Bonchev–Trinajstić information content (AvgIpc) is 3.06. The van der Waals surface area contributed by atoms with Crippen molar-refractivity contribution in [1.82, 2.24) is 0 Å². The molecule has 0 aliphatic heterocycles. The van der Waals surface area contributed by atoms with Crippen molar-refractivity contribution in [3.05, 3.63) is 60.8 Å². The van der Waals surface area contributed by atoms with Gasteiger partial charge in [-0.3, -0.25) is 9.59 Å². The molecule has 1 N–H and O–H groups in total. The van der Waals surface area contributed by atoms with E-state index in [1.807, 2.05) is 0 Å². The van der Waals surface area contributed by atoms with Crippen LogP contribution in [0.5, 0.6) is 0 Å². The molecule has 0 aliphatic rings. The maximum atomic E-state index is 12.1. The van der Waals surface area contributed by atoms with Gasteiger partial charge in [0.05, 0.1) is 6.61 Å².